The van der Waals surface area contributed by atoms with E-state index >= 15 is 0 Å². The van der Waals surface area contributed by atoms with Gasteiger partial charge in [-0.2, -0.15) is 5.26 Å². The first kappa shape index (κ1) is 15.9. The Hall–Kier alpha value is -0.129. The molecule has 0 aliphatic heterocycles. The van der Waals surface area contributed by atoms with Crippen LogP contribution in [-0.2, 0) is 0 Å². The number of nitrogens with zero attached hydrogens (tertiary/aromatic N) is 1. The van der Waals surface area contributed by atoms with E-state index in [0.29, 0.717) is 0 Å². The molecule has 78 valence electrons. The molecule has 0 bridgehead atoms. The van der Waals surface area contributed by atoms with Gasteiger partial charge in [0.15, 0.2) is 0 Å². The van der Waals surface area contributed by atoms with Crippen molar-refractivity contribution in [3.05, 3.63) is 41.1 Å². The minimum Gasteiger partial charge on any atom is -0.445 e. The second-order valence-corrected chi connectivity index (χ2v) is 2.84. The van der Waals surface area contributed by atoms with E-state index in [1.54, 1.807) is 6.07 Å². The Morgan fingerprint density at radius 3 is 2.38 bits per heavy atom. The molecule has 1 rings (SSSR count). The van der Waals surface area contributed by atoms with Crippen LogP contribution in [0.3, 0.4) is 0 Å². The molecule has 0 aliphatic rings. The van der Waals surface area contributed by atoms with Crippen LogP contribution in [0.5, 0.6) is 0 Å². The molecule has 0 aliphatic carbocycles. The maximum Gasteiger partial charge on any atom is 1.00 e. The van der Waals surface area contributed by atoms with E-state index in [9.17, 15) is 17.3 Å². The topological polar surface area (TPSA) is 23.8 Å². The molecule has 0 aromatic heterocycles. The van der Waals surface area contributed by atoms with E-state index in [0.717, 1.165) is 18.2 Å². The largest absolute Gasteiger partial charge is 1.00 e. The van der Waals surface area contributed by atoms with E-state index in [2.05, 4.69) is 0 Å². The Morgan fingerprint density at radius 1 is 1.25 bits per heavy atom. The van der Waals surface area contributed by atoms with Crippen LogP contribution in [-0.4, -0.2) is 6.98 Å². The first-order valence-electron chi connectivity index (χ1n) is 4.01. The summed E-state index contributed by atoms with van der Waals surface area (Å²) in [6.45, 7) is -5.01. The fourth-order valence-corrected chi connectivity index (χ4v) is 0.952. The molecule has 0 heterocycles. The predicted molar refractivity (Wildman–Crippen MR) is 49.2 cm³/mol. The summed E-state index contributed by atoms with van der Waals surface area (Å²) in [5, 5.41) is 8.44. The monoisotopic (exact) mass is 253 g/mol. The van der Waals surface area contributed by atoms with E-state index in [4.69, 9.17) is 5.26 Å². The van der Waals surface area contributed by atoms with Gasteiger partial charge < -0.3 is 12.9 Å². The van der Waals surface area contributed by atoms with E-state index < -0.39 is 12.8 Å². The second kappa shape index (κ2) is 6.57. The number of nitriles is 1. The summed E-state index contributed by atoms with van der Waals surface area (Å²) >= 11 is 0. The number of benzene rings is 1. The minimum absolute atomic E-state index is 0. The van der Waals surface area contributed by atoms with Gasteiger partial charge in [0.25, 0.3) is 0 Å². The molecule has 0 atom stereocenters. The third kappa shape index (κ3) is 5.28. The molecule has 0 unspecified atom stereocenters. The van der Waals surface area contributed by atoms with Crippen LogP contribution in [0.25, 0.3) is 6.08 Å². The molecule has 7 heteroatoms. The summed E-state index contributed by atoms with van der Waals surface area (Å²) in [7, 11) is 0. The molecule has 1 aromatic rings. The Balaban J connectivity index is 0.00000225. The Bertz CT molecular complexity index is 436. The molecular formula is C9H5BF4KN. The van der Waals surface area contributed by atoms with Crippen molar-refractivity contribution in [3.8, 4) is 6.07 Å². The molecule has 0 fully saturated rings. The third-order valence-corrected chi connectivity index (χ3v) is 1.62. The van der Waals surface area contributed by atoms with Crippen molar-refractivity contribution in [2.24, 2.45) is 0 Å². The van der Waals surface area contributed by atoms with Gasteiger partial charge in [0.2, 0.25) is 0 Å². The van der Waals surface area contributed by atoms with Gasteiger partial charge in [-0.3, -0.25) is 0 Å². The maximum atomic E-state index is 12.8. The molecule has 0 amide bonds. The Morgan fingerprint density at radius 2 is 1.88 bits per heavy atom. The summed E-state index contributed by atoms with van der Waals surface area (Å²) < 4.78 is 48.3. The molecule has 1 nitrogen and oxygen atoms in total. The second-order valence-electron chi connectivity index (χ2n) is 2.84. The summed E-state index contributed by atoms with van der Waals surface area (Å²) in [6.07, 6.45) is 0.806. The Kier molecular flexibility index (Phi) is 6.52. The molecular weight excluding hydrogens is 248 g/mol. The van der Waals surface area contributed by atoms with Crippen molar-refractivity contribution in [2.75, 3.05) is 0 Å². The normalized spacial score (nSPS) is 10.9. The van der Waals surface area contributed by atoms with Gasteiger partial charge in [-0.25, -0.2) is 4.39 Å². The average molecular weight is 253 g/mol. The summed E-state index contributed by atoms with van der Waals surface area (Å²) in [6, 6.07) is 4.75. The van der Waals surface area contributed by atoms with Gasteiger partial charge in [0, 0.05) is 0 Å². The van der Waals surface area contributed by atoms with Crippen LogP contribution in [0.1, 0.15) is 11.1 Å². The van der Waals surface area contributed by atoms with E-state index in [-0.39, 0.29) is 68.5 Å². The van der Waals surface area contributed by atoms with Gasteiger partial charge in [-0.1, -0.05) is 12.1 Å². The number of hydrogen-bond acceptors (Lipinski definition) is 1. The summed E-state index contributed by atoms with van der Waals surface area (Å²) in [5.74, 6) is -0.652. The Labute approximate surface area is 133 Å². The molecule has 0 saturated carbocycles. The molecule has 0 N–H and O–H groups in total. The zero-order valence-electron chi connectivity index (χ0n) is 8.42. The van der Waals surface area contributed by atoms with Crippen LogP contribution in [0, 0.1) is 17.1 Å². The van der Waals surface area contributed by atoms with Crippen molar-refractivity contribution in [1.82, 2.24) is 0 Å². The molecule has 16 heavy (non-hydrogen) atoms. The first-order valence-corrected chi connectivity index (χ1v) is 4.01. The summed E-state index contributed by atoms with van der Waals surface area (Å²) in [4.78, 5) is 0. The molecule has 0 saturated heterocycles. The van der Waals surface area contributed by atoms with Gasteiger partial charge in [-0.15, -0.1) is 5.98 Å². The number of hydrogen-bond donors (Lipinski definition) is 0. The van der Waals surface area contributed by atoms with Crippen LogP contribution in [0.15, 0.2) is 24.2 Å². The quantitative estimate of drug-likeness (QED) is 0.541. The van der Waals surface area contributed by atoms with Crippen molar-refractivity contribution in [1.29, 1.82) is 5.26 Å². The van der Waals surface area contributed by atoms with E-state index in [1.165, 1.54) is 6.07 Å². The van der Waals surface area contributed by atoms with Crippen LogP contribution < -0.4 is 51.4 Å². The fraction of sp³-hybridized carbons (Fsp3) is 0. The van der Waals surface area contributed by atoms with Crippen molar-refractivity contribution < 1.29 is 68.7 Å². The molecule has 1 aromatic carbocycles. The molecule has 0 spiro atoms. The molecule has 0 radical (unpaired) electrons. The maximum absolute atomic E-state index is 12.8. The zero-order chi connectivity index (χ0) is 11.5. The van der Waals surface area contributed by atoms with Crippen molar-refractivity contribution in [3.63, 3.8) is 0 Å². The minimum atomic E-state index is -5.01. The van der Waals surface area contributed by atoms with Crippen molar-refractivity contribution in [2.45, 2.75) is 0 Å². The van der Waals surface area contributed by atoms with Gasteiger partial charge in [0.1, 0.15) is 11.9 Å². The fourth-order valence-electron chi connectivity index (χ4n) is 0.952. The third-order valence-electron chi connectivity index (χ3n) is 1.62. The standard InChI is InChI=1S/C9H5BF4N.K/c11-9-2-1-7(5-8(9)6-15)3-4-10(12,13)14;/h1-5H;/q-1;+1/b4-3+;. The number of rotatable bonds is 2. The smallest absolute Gasteiger partial charge is 0.445 e. The van der Waals surface area contributed by atoms with Gasteiger partial charge >= 0.3 is 58.4 Å². The zero-order valence-corrected chi connectivity index (χ0v) is 11.5. The first-order chi connectivity index (χ1) is 6.92. The predicted octanol–water partition coefficient (Wildman–Crippen LogP) is 0.101. The SMILES string of the molecule is N#Cc1cc(/C=C/[B-](F)(F)F)ccc1F.[K+]. The van der Waals surface area contributed by atoms with Gasteiger partial charge in [-0.05, 0) is 17.7 Å². The average Bonchev–Trinajstić information content (AvgIpc) is 2.15. The van der Waals surface area contributed by atoms with E-state index in [1.807, 2.05) is 0 Å². The van der Waals surface area contributed by atoms with Crippen molar-refractivity contribution >= 4 is 13.1 Å². The van der Waals surface area contributed by atoms with Crippen LogP contribution >= 0.6 is 0 Å². The van der Waals surface area contributed by atoms with Crippen LogP contribution in [0.2, 0.25) is 0 Å². The summed E-state index contributed by atoms with van der Waals surface area (Å²) in [5.41, 5.74) is -0.126. The number of halogens is 4. The van der Waals surface area contributed by atoms with Crippen LogP contribution in [0.4, 0.5) is 17.3 Å². The van der Waals surface area contributed by atoms with Gasteiger partial charge in [0.05, 0.1) is 5.56 Å².